The number of ether oxygens (including phenoxy) is 1. The van der Waals surface area contributed by atoms with Gasteiger partial charge in [0.15, 0.2) is 0 Å². The Bertz CT molecular complexity index is 1410. The van der Waals surface area contributed by atoms with Crippen LogP contribution in [0.1, 0.15) is 106 Å². The number of hydrogen-bond donors (Lipinski definition) is 0. The summed E-state index contributed by atoms with van der Waals surface area (Å²) in [6, 6.07) is 20.0. The van der Waals surface area contributed by atoms with Gasteiger partial charge in [-0.3, -0.25) is 9.59 Å². The first kappa shape index (κ1) is 34.5. The van der Waals surface area contributed by atoms with E-state index in [1.54, 1.807) is 24.3 Å². The van der Waals surface area contributed by atoms with Crippen LogP contribution in [0.25, 0.3) is 0 Å². The van der Waals surface area contributed by atoms with Crippen LogP contribution in [0.2, 0.25) is 0 Å². The highest BCUT2D eigenvalue weighted by molar-refractivity contribution is 7.93. The molecule has 0 bridgehead atoms. The fraction of sp³-hybridized carbons (Fsp3) is 0.474. The monoisotopic (exact) mass is 602 g/mol. The number of esters is 1. The molecule has 3 aromatic rings. The zero-order valence-electron chi connectivity index (χ0n) is 27.8. The van der Waals surface area contributed by atoms with Crippen molar-refractivity contribution in [2.45, 2.75) is 101 Å². The number of hydrogen-bond acceptors (Lipinski definition) is 4. The highest BCUT2D eigenvalue weighted by Gasteiger charge is 2.42. The largest absolute Gasteiger partial charge is 0.461 e. The molecule has 1 atom stereocenters. The molecule has 0 radical (unpaired) electrons. The zero-order chi connectivity index (χ0) is 32.0. The van der Waals surface area contributed by atoms with Gasteiger partial charge in [0.05, 0.1) is 5.92 Å². The normalized spacial score (nSPS) is 13.0. The third-order valence-corrected chi connectivity index (χ3v) is 13.2. The molecule has 3 rings (SSSR count). The first-order valence-electron chi connectivity index (χ1n) is 15.8. The van der Waals surface area contributed by atoms with Crippen LogP contribution in [0.15, 0.2) is 66.7 Å². The van der Waals surface area contributed by atoms with Gasteiger partial charge in [-0.25, -0.2) is 0 Å². The van der Waals surface area contributed by atoms with Crippen molar-refractivity contribution in [1.82, 2.24) is 0 Å². The summed E-state index contributed by atoms with van der Waals surface area (Å²) in [7, 11) is -3.69. The van der Waals surface area contributed by atoms with Crippen molar-refractivity contribution < 1.29 is 18.9 Å². The maximum Gasteiger partial charge on any atom is 0.309 e. The minimum Gasteiger partial charge on any atom is -0.461 e. The molecule has 0 heterocycles. The van der Waals surface area contributed by atoms with Crippen LogP contribution in [-0.4, -0.2) is 11.5 Å². The Labute approximate surface area is 260 Å². The topological polar surface area (TPSA) is 60.4 Å². The summed E-state index contributed by atoms with van der Waals surface area (Å²) in [5.41, 5.74) is 3.19. The molecule has 232 valence electrons. The van der Waals surface area contributed by atoms with E-state index in [0.29, 0.717) is 16.2 Å². The Morgan fingerprint density at radius 1 is 0.767 bits per heavy atom. The number of benzene rings is 3. The highest BCUT2D eigenvalue weighted by atomic mass is 31.2. The minimum atomic E-state index is -3.69. The highest BCUT2D eigenvalue weighted by Crippen LogP contribution is 2.49. The Morgan fingerprint density at radius 3 is 1.70 bits per heavy atom. The Kier molecular flexibility index (Phi) is 11.4. The SMILES string of the molecule is CCC(C)(CC)CC(C(=O)OCc1c(C)cc(C)c(C(=O)P(=O)(c2ccccc2)c2ccccc2)c1C)C(C)(CC)CC. The van der Waals surface area contributed by atoms with Gasteiger partial charge in [0.2, 0.25) is 12.7 Å². The van der Waals surface area contributed by atoms with Gasteiger partial charge in [-0.2, -0.15) is 0 Å². The van der Waals surface area contributed by atoms with Crippen LogP contribution in [0.3, 0.4) is 0 Å². The van der Waals surface area contributed by atoms with E-state index in [4.69, 9.17) is 4.74 Å². The molecule has 0 amide bonds. The zero-order valence-corrected chi connectivity index (χ0v) is 28.6. The van der Waals surface area contributed by atoms with Crippen LogP contribution in [0.5, 0.6) is 0 Å². The predicted octanol–water partition coefficient (Wildman–Crippen LogP) is 9.47. The fourth-order valence-electron chi connectivity index (χ4n) is 6.23. The van der Waals surface area contributed by atoms with E-state index in [-0.39, 0.29) is 29.3 Å². The van der Waals surface area contributed by atoms with Gasteiger partial charge < -0.3 is 9.30 Å². The third-order valence-electron chi connectivity index (χ3n) is 10.4. The first-order valence-corrected chi connectivity index (χ1v) is 17.5. The predicted molar refractivity (Wildman–Crippen MR) is 180 cm³/mol. The summed E-state index contributed by atoms with van der Waals surface area (Å²) in [5.74, 6) is -0.401. The molecule has 0 saturated carbocycles. The van der Waals surface area contributed by atoms with Crippen molar-refractivity contribution in [1.29, 1.82) is 0 Å². The van der Waals surface area contributed by atoms with Gasteiger partial charge in [0.1, 0.15) is 6.61 Å². The van der Waals surface area contributed by atoms with Gasteiger partial charge >= 0.3 is 5.97 Å². The molecule has 4 nitrogen and oxygen atoms in total. The molecule has 1 unspecified atom stereocenters. The van der Waals surface area contributed by atoms with Crippen LogP contribution in [0, 0.1) is 37.5 Å². The van der Waals surface area contributed by atoms with Crippen molar-refractivity contribution in [2.24, 2.45) is 16.7 Å². The lowest BCUT2D eigenvalue weighted by atomic mass is 9.65. The summed E-state index contributed by atoms with van der Waals surface area (Å²) in [4.78, 5) is 28.4. The molecular weight excluding hydrogens is 551 g/mol. The summed E-state index contributed by atoms with van der Waals surface area (Å²) in [5, 5.41) is 1.02. The molecule has 0 aliphatic carbocycles. The quantitative estimate of drug-likeness (QED) is 0.136. The van der Waals surface area contributed by atoms with E-state index < -0.39 is 12.7 Å². The van der Waals surface area contributed by atoms with E-state index in [1.807, 2.05) is 63.2 Å². The average Bonchev–Trinajstić information content (AvgIpc) is 3.03. The first-order chi connectivity index (χ1) is 20.3. The van der Waals surface area contributed by atoms with E-state index in [9.17, 15) is 14.2 Å². The lowest BCUT2D eigenvalue weighted by Crippen LogP contribution is -2.38. The van der Waals surface area contributed by atoms with E-state index in [2.05, 4.69) is 41.5 Å². The molecule has 0 aromatic heterocycles. The number of carbonyl (C=O) groups is 2. The maximum absolute atomic E-state index is 14.9. The summed E-state index contributed by atoms with van der Waals surface area (Å²) >= 11 is 0. The number of carbonyl (C=O) groups excluding carboxylic acids is 2. The lowest BCUT2D eigenvalue weighted by Gasteiger charge is -2.40. The maximum atomic E-state index is 14.9. The van der Waals surface area contributed by atoms with E-state index in [0.717, 1.165) is 54.4 Å². The van der Waals surface area contributed by atoms with Gasteiger partial charge in [0.25, 0.3) is 0 Å². The molecule has 0 fully saturated rings. The van der Waals surface area contributed by atoms with Gasteiger partial charge in [-0.1, -0.05) is 121 Å². The van der Waals surface area contributed by atoms with Crippen LogP contribution >= 0.6 is 7.14 Å². The second-order valence-electron chi connectivity index (χ2n) is 12.8. The molecule has 0 N–H and O–H groups in total. The summed E-state index contributed by atoms with van der Waals surface area (Å²) < 4.78 is 21.1. The molecule has 0 spiro atoms. The van der Waals surface area contributed by atoms with Crippen LogP contribution < -0.4 is 10.6 Å². The second-order valence-corrected chi connectivity index (χ2v) is 15.5. The smallest absolute Gasteiger partial charge is 0.309 e. The molecule has 0 aliphatic rings. The summed E-state index contributed by atoms with van der Waals surface area (Å²) in [6.45, 7) is 19.0. The summed E-state index contributed by atoms with van der Waals surface area (Å²) in [6.07, 6.45) is 4.57. The van der Waals surface area contributed by atoms with Crippen molar-refractivity contribution in [3.05, 3.63) is 94.5 Å². The van der Waals surface area contributed by atoms with Gasteiger partial charge in [-0.15, -0.1) is 0 Å². The van der Waals surface area contributed by atoms with Gasteiger partial charge in [-0.05, 0) is 73.1 Å². The molecule has 0 aliphatic heterocycles. The lowest BCUT2D eigenvalue weighted by molar-refractivity contribution is -0.157. The second kappa shape index (κ2) is 14.2. The molecule has 0 saturated heterocycles. The molecule has 43 heavy (non-hydrogen) atoms. The Balaban J connectivity index is 2.05. The minimum absolute atomic E-state index is 0.0562. The van der Waals surface area contributed by atoms with E-state index >= 15 is 0 Å². The third kappa shape index (κ3) is 7.07. The van der Waals surface area contributed by atoms with Crippen LogP contribution in [0.4, 0.5) is 0 Å². The van der Waals surface area contributed by atoms with Crippen molar-refractivity contribution in [3.8, 4) is 0 Å². The van der Waals surface area contributed by atoms with Gasteiger partial charge in [0, 0.05) is 16.2 Å². The fourth-order valence-corrected chi connectivity index (χ4v) is 8.84. The Morgan fingerprint density at radius 2 is 1.26 bits per heavy atom. The Hall–Kier alpha value is -2.97. The van der Waals surface area contributed by atoms with Crippen molar-refractivity contribution >= 4 is 29.2 Å². The van der Waals surface area contributed by atoms with Crippen molar-refractivity contribution in [2.75, 3.05) is 0 Å². The number of aryl methyl sites for hydroxylation is 2. The average molecular weight is 603 g/mol. The van der Waals surface area contributed by atoms with E-state index in [1.165, 1.54) is 0 Å². The van der Waals surface area contributed by atoms with Crippen molar-refractivity contribution in [3.63, 3.8) is 0 Å². The molecular formula is C38H51O4P. The molecule has 3 aromatic carbocycles. The molecule has 5 heteroatoms. The number of rotatable bonds is 14. The van der Waals surface area contributed by atoms with Crippen LogP contribution in [-0.2, 0) is 20.7 Å². The standard InChI is InChI=1S/C38H51O4P/c1-10-37(8,11-2)25-33(38(9,12-3)13-4)35(39)42-26-32-27(5)24-28(6)34(29(32)7)36(40)43(41,30-20-16-14-17-21-30)31-22-18-15-19-23-31/h14-24,33H,10-13,25-26H2,1-9H3.